The summed E-state index contributed by atoms with van der Waals surface area (Å²) in [5, 5.41) is 3.40. The Morgan fingerprint density at radius 2 is 1.76 bits per heavy atom. The summed E-state index contributed by atoms with van der Waals surface area (Å²) in [6.07, 6.45) is 5.53. The summed E-state index contributed by atoms with van der Waals surface area (Å²) in [6, 6.07) is 5.27. The van der Waals surface area contributed by atoms with E-state index in [1.54, 1.807) is 19.1 Å². The van der Waals surface area contributed by atoms with E-state index >= 15 is 0 Å². The van der Waals surface area contributed by atoms with Crippen molar-refractivity contribution < 1.29 is 28.3 Å². The maximum Gasteiger partial charge on any atom is 0.336 e. The molecule has 2 atom stereocenters. The van der Waals surface area contributed by atoms with Crippen LogP contribution in [0.4, 0.5) is 0 Å². The molecule has 0 aliphatic rings. The van der Waals surface area contributed by atoms with Crippen molar-refractivity contribution in [1.82, 2.24) is 5.32 Å². The lowest BCUT2D eigenvalue weighted by atomic mass is 9.94. The molecule has 202 valence electrons. The summed E-state index contributed by atoms with van der Waals surface area (Å²) >= 11 is 0. The lowest BCUT2D eigenvalue weighted by Crippen LogP contribution is -2.43. The van der Waals surface area contributed by atoms with Gasteiger partial charge in [0, 0.05) is 36.8 Å². The van der Waals surface area contributed by atoms with E-state index in [2.05, 4.69) is 12.2 Å². The zero-order chi connectivity index (χ0) is 27.4. The van der Waals surface area contributed by atoms with Gasteiger partial charge in [0.05, 0.1) is 12.5 Å². The molecule has 3 N–H and O–H groups in total. The molecule has 0 unspecified atom stereocenters. The van der Waals surface area contributed by atoms with Crippen LogP contribution in [0.2, 0.25) is 0 Å². The molecule has 0 spiro atoms. The second-order valence-corrected chi connectivity index (χ2v) is 9.65. The van der Waals surface area contributed by atoms with E-state index < -0.39 is 23.5 Å². The van der Waals surface area contributed by atoms with E-state index in [1.807, 2.05) is 6.92 Å². The van der Waals surface area contributed by atoms with E-state index in [9.17, 15) is 24.0 Å². The first kappa shape index (κ1) is 29.7. The Balaban J connectivity index is 1.84. The molecule has 0 bridgehead atoms. The Bertz CT molecular complexity index is 1150. The van der Waals surface area contributed by atoms with E-state index in [0.717, 1.165) is 43.1 Å². The monoisotopic (exact) mass is 514 g/mol. The number of amides is 2. The molecular weight excluding hydrogens is 476 g/mol. The van der Waals surface area contributed by atoms with Crippen LogP contribution in [0.15, 0.2) is 33.5 Å². The number of hydrogen-bond acceptors (Lipinski definition) is 7. The first-order valence-electron chi connectivity index (χ1n) is 12.9. The molecule has 1 aromatic carbocycles. The third-order valence-corrected chi connectivity index (χ3v) is 6.18. The van der Waals surface area contributed by atoms with E-state index in [1.165, 1.54) is 12.1 Å². The van der Waals surface area contributed by atoms with E-state index in [4.69, 9.17) is 14.9 Å². The van der Waals surface area contributed by atoms with Crippen LogP contribution in [0.3, 0.4) is 0 Å². The van der Waals surface area contributed by atoms with Gasteiger partial charge in [-0.1, -0.05) is 39.5 Å². The Labute approximate surface area is 217 Å². The topological polar surface area (TPSA) is 146 Å². The third-order valence-electron chi connectivity index (χ3n) is 6.18. The maximum absolute atomic E-state index is 12.8. The van der Waals surface area contributed by atoms with Gasteiger partial charge in [-0.15, -0.1) is 0 Å². The number of rotatable bonds is 16. The number of nitrogens with two attached hydrogens (primary N) is 1. The maximum atomic E-state index is 12.8. The highest BCUT2D eigenvalue weighted by atomic mass is 16.5. The fourth-order valence-electron chi connectivity index (χ4n) is 4.11. The first-order valence-corrected chi connectivity index (χ1v) is 12.9. The van der Waals surface area contributed by atoms with Crippen molar-refractivity contribution in [2.24, 2.45) is 11.7 Å². The van der Waals surface area contributed by atoms with Crippen LogP contribution in [-0.2, 0) is 19.2 Å². The molecular formula is C28H38N2O7. The molecule has 2 aromatic rings. The summed E-state index contributed by atoms with van der Waals surface area (Å²) < 4.78 is 10.5. The molecule has 9 nitrogen and oxygen atoms in total. The van der Waals surface area contributed by atoms with Gasteiger partial charge in [-0.05, 0) is 43.4 Å². The van der Waals surface area contributed by atoms with Gasteiger partial charge in [0.15, 0.2) is 5.78 Å². The second-order valence-electron chi connectivity index (χ2n) is 9.65. The fourth-order valence-corrected chi connectivity index (χ4v) is 4.11. The summed E-state index contributed by atoms with van der Waals surface area (Å²) in [5.41, 5.74) is 5.90. The minimum Gasteiger partial charge on any atom is -0.426 e. The number of carbonyl (C=O) groups is 4. The first-order chi connectivity index (χ1) is 17.6. The minimum absolute atomic E-state index is 0.0643. The standard InChI is InChI=1S/C28H38N2O7/c1-4-5-6-7-8-9-26(33)30-22(17-25(29)32)23(31)14-18(2)10-13-27(34)36-20-11-12-21-19(3)15-28(35)37-24(21)16-20/h11-12,15-16,18,22H,4-10,13-14,17H2,1-3H3,(H2,29,32)(H,30,33)/t18-,22+/m0/s1. The number of primary amides is 1. The van der Waals surface area contributed by atoms with Crippen molar-refractivity contribution in [3.05, 3.63) is 40.2 Å². The van der Waals surface area contributed by atoms with Gasteiger partial charge < -0.3 is 20.2 Å². The van der Waals surface area contributed by atoms with E-state index in [-0.39, 0.29) is 42.6 Å². The van der Waals surface area contributed by atoms with Crippen LogP contribution in [0.5, 0.6) is 5.75 Å². The fraction of sp³-hybridized carbons (Fsp3) is 0.536. The smallest absolute Gasteiger partial charge is 0.336 e. The highest BCUT2D eigenvalue weighted by Crippen LogP contribution is 2.23. The summed E-state index contributed by atoms with van der Waals surface area (Å²) in [6.45, 7) is 5.72. The van der Waals surface area contributed by atoms with Crippen molar-refractivity contribution in [2.45, 2.75) is 91.0 Å². The number of Topliss-reactive ketones (excluding diaryl/α,β-unsaturated/α-hetero) is 1. The van der Waals surface area contributed by atoms with Crippen molar-refractivity contribution >= 4 is 34.5 Å². The largest absolute Gasteiger partial charge is 0.426 e. The average Bonchev–Trinajstić information content (AvgIpc) is 2.81. The number of ether oxygens (including phenoxy) is 1. The van der Waals surface area contributed by atoms with Crippen LogP contribution in [-0.4, -0.2) is 29.6 Å². The van der Waals surface area contributed by atoms with E-state index in [0.29, 0.717) is 18.4 Å². The molecule has 9 heteroatoms. The number of esters is 1. The number of unbranched alkanes of at least 4 members (excludes halogenated alkanes) is 4. The second kappa shape index (κ2) is 14.9. The van der Waals surface area contributed by atoms with Crippen molar-refractivity contribution in [3.63, 3.8) is 0 Å². The predicted octanol–water partition coefficient (Wildman–Crippen LogP) is 4.10. The lowest BCUT2D eigenvalue weighted by Gasteiger charge is -2.18. The number of benzene rings is 1. The molecule has 0 saturated heterocycles. The molecule has 0 radical (unpaired) electrons. The van der Waals surface area contributed by atoms with Crippen molar-refractivity contribution in [3.8, 4) is 5.75 Å². The Kier molecular flexibility index (Phi) is 12.0. The molecule has 2 amide bonds. The lowest BCUT2D eigenvalue weighted by molar-refractivity contribution is -0.135. The Morgan fingerprint density at radius 3 is 2.46 bits per heavy atom. The van der Waals surface area contributed by atoms with Gasteiger partial charge in [-0.2, -0.15) is 0 Å². The van der Waals surface area contributed by atoms with Crippen LogP contribution in [0.25, 0.3) is 11.0 Å². The van der Waals surface area contributed by atoms with Crippen LogP contribution >= 0.6 is 0 Å². The molecule has 0 aliphatic heterocycles. The quantitative estimate of drug-likeness (QED) is 0.148. The summed E-state index contributed by atoms with van der Waals surface area (Å²) in [7, 11) is 0. The van der Waals surface area contributed by atoms with Gasteiger partial charge in [-0.3, -0.25) is 19.2 Å². The summed E-state index contributed by atoms with van der Waals surface area (Å²) in [4.78, 5) is 60.4. The van der Waals surface area contributed by atoms with Gasteiger partial charge in [-0.25, -0.2) is 4.79 Å². The number of nitrogens with one attached hydrogen (secondary N) is 1. The molecule has 2 rings (SSSR count). The van der Waals surface area contributed by atoms with Crippen LogP contribution < -0.4 is 21.4 Å². The zero-order valence-electron chi connectivity index (χ0n) is 22.0. The zero-order valence-corrected chi connectivity index (χ0v) is 22.0. The highest BCUT2D eigenvalue weighted by molar-refractivity contribution is 5.93. The number of fused-ring (bicyclic) bond motifs is 1. The predicted molar refractivity (Wildman–Crippen MR) is 140 cm³/mol. The molecule has 1 aromatic heterocycles. The number of hydrogen-bond donors (Lipinski definition) is 2. The Morgan fingerprint density at radius 1 is 1.03 bits per heavy atom. The number of ketones is 1. The van der Waals surface area contributed by atoms with Gasteiger partial charge >= 0.3 is 11.6 Å². The summed E-state index contributed by atoms with van der Waals surface area (Å²) in [5.74, 6) is -1.64. The van der Waals surface area contributed by atoms with Crippen molar-refractivity contribution in [2.75, 3.05) is 0 Å². The Hall–Kier alpha value is -3.49. The van der Waals surface area contributed by atoms with Gasteiger partial charge in [0.2, 0.25) is 11.8 Å². The van der Waals surface area contributed by atoms with Gasteiger partial charge in [0.25, 0.3) is 0 Å². The normalized spacial score (nSPS) is 12.6. The molecule has 1 heterocycles. The minimum atomic E-state index is -0.967. The number of carbonyl (C=O) groups excluding carboxylic acids is 4. The van der Waals surface area contributed by atoms with Crippen LogP contribution in [0, 0.1) is 12.8 Å². The molecule has 0 saturated carbocycles. The SMILES string of the molecule is CCCCCCCC(=O)N[C@H](CC(N)=O)C(=O)C[C@@H](C)CCC(=O)Oc1ccc2c(C)cc(=O)oc2c1. The molecule has 0 aliphatic carbocycles. The molecule has 0 fully saturated rings. The average molecular weight is 515 g/mol. The third kappa shape index (κ3) is 10.6. The van der Waals surface area contributed by atoms with Crippen LogP contribution in [0.1, 0.15) is 83.6 Å². The van der Waals surface area contributed by atoms with Gasteiger partial charge in [0.1, 0.15) is 11.3 Å². The number of aryl methyl sites for hydroxylation is 1. The highest BCUT2D eigenvalue weighted by Gasteiger charge is 2.24. The van der Waals surface area contributed by atoms with Crippen molar-refractivity contribution in [1.29, 1.82) is 0 Å². The molecule has 37 heavy (non-hydrogen) atoms.